The standard InChI is InChI=1S/C11H7BrF2N2OS/c1-5-15-4-10(18-5)11(17)16-9-3-7(13)6(12)2-8(9)14/h2-4H,1H3,(H,16,17). The van der Waals surface area contributed by atoms with Gasteiger partial charge in [-0.25, -0.2) is 13.8 Å². The number of benzene rings is 1. The van der Waals surface area contributed by atoms with E-state index in [9.17, 15) is 13.6 Å². The minimum atomic E-state index is -0.710. The summed E-state index contributed by atoms with van der Waals surface area (Å²) in [5.74, 6) is -1.87. The Morgan fingerprint density at radius 3 is 2.72 bits per heavy atom. The molecule has 1 N–H and O–H groups in total. The van der Waals surface area contributed by atoms with Crippen LogP contribution in [0.25, 0.3) is 0 Å². The average Bonchev–Trinajstić information content (AvgIpc) is 2.73. The lowest BCUT2D eigenvalue weighted by Crippen LogP contribution is -2.11. The van der Waals surface area contributed by atoms with Crippen LogP contribution in [0.15, 0.2) is 22.8 Å². The highest BCUT2D eigenvalue weighted by molar-refractivity contribution is 9.10. The van der Waals surface area contributed by atoms with Crippen LogP contribution in [0.5, 0.6) is 0 Å². The van der Waals surface area contributed by atoms with E-state index in [2.05, 4.69) is 26.2 Å². The molecule has 7 heteroatoms. The number of hydrogen-bond acceptors (Lipinski definition) is 3. The molecule has 2 aromatic rings. The Morgan fingerprint density at radius 2 is 2.11 bits per heavy atom. The number of thiazole rings is 1. The summed E-state index contributed by atoms with van der Waals surface area (Å²) in [4.78, 5) is 16.0. The van der Waals surface area contributed by atoms with Gasteiger partial charge in [-0.2, -0.15) is 0 Å². The molecule has 0 atom stereocenters. The van der Waals surface area contributed by atoms with Gasteiger partial charge >= 0.3 is 0 Å². The summed E-state index contributed by atoms with van der Waals surface area (Å²) in [6.07, 6.45) is 1.39. The summed E-state index contributed by atoms with van der Waals surface area (Å²) in [5, 5.41) is 3.03. The van der Waals surface area contributed by atoms with Crippen molar-refractivity contribution in [3.05, 3.63) is 44.3 Å². The fraction of sp³-hybridized carbons (Fsp3) is 0.0909. The van der Waals surface area contributed by atoms with Crippen molar-refractivity contribution in [3.63, 3.8) is 0 Å². The molecule has 94 valence electrons. The van der Waals surface area contributed by atoms with Gasteiger partial charge in [-0.05, 0) is 28.9 Å². The monoisotopic (exact) mass is 332 g/mol. The number of carbonyl (C=O) groups excluding carboxylic acids is 1. The number of halogens is 3. The van der Waals surface area contributed by atoms with E-state index in [1.165, 1.54) is 17.5 Å². The maximum atomic E-state index is 13.5. The zero-order valence-electron chi connectivity index (χ0n) is 9.13. The number of aryl methyl sites for hydroxylation is 1. The lowest BCUT2D eigenvalue weighted by molar-refractivity contribution is 0.103. The molecule has 18 heavy (non-hydrogen) atoms. The number of carbonyl (C=O) groups is 1. The van der Waals surface area contributed by atoms with Crippen LogP contribution in [0, 0.1) is 18.6 Å². The number of amides is 1. The van der Waals surface area contributed by atoms with E-state index in [1.54, 1.807) is 6.92 Å². The topological polar surface area (TPSA) is 42.0 Å². The van der Waals surface area contributed by atoms with Crippen LogP contribution in [0.2, 0.25) is 0 Å². The minimum Gasteiger partial charge on any atom is -0.319 e. The third-order valence-corrected chi connectivity index (χ3v) is 3.62. The van der Waals surface area contributed by atoms with E-state index in [4.69, 9.17) is 0 Å². The van der Waals surface area contributed by atoms with Crippen molar-refractivity contribution in [2.24, 2.45) is 0 Å². The molecule has 1 aromatic heterocycles. The molecule has 1 aromatic carbocycles. The van der Waals surface area contributed by atoms with E-state index in [1.807, 2.05) is 0 Å². The second-order valence-electron chi connectivity index (χ2n) is 3.44. The van der Waals surface area contributed by atoms with Gasteiger partial charge in [0.05, 0.1) is 21.4 Å². The Morgan fingerprint density at radius 1 is 1.39 bits per heavy atom. The Bertz CT molecular complexity index is 615. The summed E-state index contributed by atoms with van der Waals surface area (Å²) < 4.78 is 26.7. The fourth-order valence-corrected chi connectivity index (χ4v) is 2.26. The van der Waals surface area contributed by atoms with Gasteiger partial charge in [-0.1, -0.05) is 0 Å². The van der Waals surface area contributed by atoms with Gasteiger partial charge in [0.25, 0.3) is 5.91 Å². The van der Waals surface area contributed by atoms with Crippen LogP contribution < -0.4 is 5.32 Å². The molecule has 0 saturated carbocycles. The molecule has 0 spiro atoms. The fourth-order valence-electron chi connectivity index (χ4n) is 1.27. The number of nitrogens with zero attached hydrogens (tertiary/aromatic N) is 1. The molecule has 0 unspecified atom stereocenters. The second-order valence-corrected chi connectivity index (χ2v) is 5.53. The number of aromatic nitrogens is 1. The quantitative estimate of drug-likeness (QED) is 0.851. The van der Waals surface area contributed by atoms with Gasteiger partial charge in [-0.3, -0.25) is 4.79 Å². The van der Waals surface area contributed by atoms with Crippen LogP contribution >= 0.6 is 27.3 Å². The van der Waals surface area contributed by atoms with Gasteiger partial charge in [0.2, 0.25) is 0 Å². The Labute approximate surface area is 114 Å². The van der Waals surface area contributed by atoms with Crippen molar-refractivity contribution in [2.75, 3.05) is 5.32 Å². The molecule has 3 nitrogen and oxygen atoms in total. The van der Waals surface area contributed by atoms with Crippen LogP contribution in [0.3, 0.4) is 0 Å². The molecule has 0 aliphatic carbocycles. The summed E-state index contributed by atoms with van der Waals surface area (Å²) >= 11 is 4.04. The molecular formula is C11H7BrF2N2OS. The van der Waals surface area contributed by atoms with Crippen molar-refractivity contribution in [1.82, 2.24) is 4.98 Å². The van der Waals surface area contributed by atoms with Crippen LogP contribution in [0.1, 0.15) is 14.7 Å². The molecule has 0 aliphatic heterocycles. The Kier molecular flexibility index (Phi) is 3.72. The van der Waals surface area contributed by atoms with E-state index in [-0.39, 0.29) is 10.2 Å². The highest BCUT2D eigenvalue weighted by Crippen LogP contribution is 2.24. The second kappa shape index (κ2) is 5.11. The zero-order chi connectivity index (χ0) is 13.3. The largest absolute Gasteiger partial charge is 0.319 e. The first kappa shape index (κ1) is 13.1. The first-order valence-electron chi connectivity index (χ1n) is 4.85. The Hall–Kier alpha value is -1.34. The molecule has 2 rings (SSSR count). The smallest absolute Gasteiger partial charge is 0.267 e. The lowest BCUT2D eigenvalue weighted by atomic mass is 10.3. The van der Waals surface area contributed by atoms with Crippen LogP contribution in [0.4, 0.5) is 14.5 Å². The summed E-state index contributed by atoms with van der Waals surface area (Å²) in [6.45, 7) is 1.75. The first-order valence-corrected chi connectivity index (χ1v) is 6.46. The number of anilines is 1. The third kappa shape index (κ3) is 2.73. The third-order valence-electron chi connectivity index (χ3n) is 2.10. The number of rotatable bonds is 2. The first-order chi connectivity index (χ1) is 8.47. The van der Waals surface area contributed by atoms with Gasteiger partial charge < -0.3 is 5.32 Å². The Balaban J connectivity index is 2.24. The van der Waals surface area contributed by atoms with Crippen LogP contribution in [-0.4, -0.2) is 10.9 Å². The van der Waals surface area contributed by atoms with Crippen molar-refractivity contribution in [3.8, 4) is 0 Å². The lowest BCUT2D eigenvalue weighted by Gasteiger charge is -2.05. The van der Waals surface area contributed by atoms with E-state index in [0.717, 1.165) is 17.1 Å². The predicted molar refractivity (Wildman–Crippen MR) is 68.9 cm³/mol. The molecule has 0 aliphatic rings. The summed E-state index contributed by atoms with van der Waals surface area (Å²) in [7, 11) is 0. The normalized spacial score (nSPS) is 10.4. The predicted octanol–water partition coefficient (Wildman–Crippen LogP) is 3.74. The highest BCUT2D eigenvalue weighted by atomic mass is 79.9. The van der Waals surface area contributed by atoms with Crippen molar-refractivity contribution < 1.29 is 13.6 Å². The van der Waals surface area contributed by atoms with Crippen molar-refractivity contribution >= 4 is 38.9 Å². The molecular weight excluding hydrogens is 326 g/mol. The molecule has 0 fully saturated rings. The van der Waals surface area contributed by atoms with E-state index < -0.39 is 17.5 Å². The van der Waals surface area contributed by atoms with E-state index >= 15 is 0 Å². The SMILES string of the molecule is Cc1ncc(C(=O)Nc2cc(F)c(Br)cc2F)s1. The summed E-state index contributed by atoms with van der Waals surface area (Å²) in [5.41, 5.74) is -0.202. The molecule has 1 amide bonds. The molecule has 0 bridgehead atoms. The van der Waals surface area contributed by atoms with Crippen molar-refractivity contribution in [2.45, 2.75) is 6.92 Å². The minimum absolute atomic E-state index is 0.00614. The zero-order valence-corrected chi connectivity index (χ0v) is 11.5. The average molecular weight is 333 g/mol. The van der Waals surface area contributed by atoms with E-state index in [0.29, 0.717) is 4.88 Å². The number of hydrogen-bond donors (Lipinski definition) is 1. The van der Waals surface area contributed by atoms with Gasteiger partial charge in [0, 0.05) is 6.07 Å². The van der Waals surface area contributed by atoms with Gasteiger partial charge in [0.1, 0.15) is 16.5 Å². The molecule has 0 radical (unpaired) electrons. The molecule has 0 saturated heterocycles. The highest BCUT2D eigenvalue weighted by Gasteiger charge is 2.14. The van der Waals surface area contributed by atoms with Crippen LogP contribution in [-0.2, 0) is 0 Å². The van der Waals surface area contributed by atoms with Gasteiger partial charge in [0.15, 0.2) is 0 Å². The van der Waals surface area contributed by atoms with Gasteiger partial charge in [-0.15, -0.1) is 11.3 Å². The van der Waals surface area contributed by atoms with Crippen molar-refractivity contribution in [1.29, 1.82) is 0 Å². The molecule has 1 heterocycles. The summed E-state index contributed by atoms with van der Waals surface area (Å²) in [6, 6.07) is 1.88. The maximum absolute atomic E-state index is 13.5. The maximum Gasteiger partial charge on any atom is 0.267 e. The number of nitrogens with one attached hydrogen (secondary N) is 1.